The van der Waals surface area contributed by atoms with Crippen LogP contribution < -0.4 is 10.1 Å². The second kappa shape index (κ2) is 9.00. The molecule has 13 heteroatoms. The van der Waals surface area contributed by atoms with Gasteiger partial charge in [-0.15, -0.1) is 0 Å². The molecular weight excluding hydrogens is 550 g/mol. The number of hydrogen-bond acceptors (Lipinski definition) is 6. The molecule has 0 radical (unpaired) electrons. The van der Waals surface area contributed by atoms with Gasteiger partial charge in [0, 0.05) is 28.1 Å². The van der Waals surface area contributed by atoms with Gasteiger partial charge in [-0.25, -0.2) is 17.6 Å². The van der Waals surface area contributed by atoms with Gasteiger partial charge in [-0.05, 0) is 45.0 Å². The van der Waals surface area contributed by atoms with Gasteiger partial charge < -0.3 is 19.9 Å². The minimum absolute atomic E-state index is 0.0575. The number of fused-ring (bicyclic) bond motifs is 1. The molecule has 0 unspecified atom stereocenters. The van der Waals surface area contributed by atoms with Crippen LogP contribution in [0.4, 0.5) is 22.4 Å². The molecule has 1 amide bonds. The summed E-state index contributed by atoms with van der Waals surface area (Å²) < 4.78 is 89.2. The number of sulfone groups is 1. The number of benzene rings is 2. The highest BCUT2D eigenvalue weighted by Gasteiger charge is 2.50. The molecule has 0 aromatic heterocycles. The molecule has 3 rings (SSSR count). The van der Waals surface area contributed by atoms with Crippen molar-refractivity contribution in [1.29, 1.82) is 0 Å². The summed E-state index contributed by atoms with van der Waals surface area (Å²) in [7, 11) is -5.85. The summed E-state index contributed by atoms with van der Waals surface area (Å²) in [6.07, 6.45) is -2.96. The Hall–Kier alpha value is -2.38. The van der Waals surface area contributed by atoms with Gasteiger partial charge in [0.15, 0.2) is 0 Å². The van der Waals surface area contributed by atoms with E-state index < -0.39 is 55.5 Å². The number of amides is 1. The van der Waals surface area contributed by atoms with E-state index in [4.69, 9.17) is 9.47 Å². The van der Waals surface area contributed by atoms with Crippen molar-refractivity contribution in [2.75, 3.05) is 0 Å². The fourth-order valence-corrected chi connectivity index (χ4v) is 4.98. The van der Waals surface area contributed by atoms with Crippen molar-refractivity contribution in [3.8, 4) is 11.5 Å². The van der Waals surface area contributed by atoms with Crippen LogP contribution in [0.15, 0.2) is 39.7 Å². The van der Waals surface area contributed by atoms with Crippen LogP contribution in [-0.2, 0) is 14.6 Å². The number of alkyl carbamates (subject to hydrolysis) is 1. The lowest BCUT2D eigenvalue weighted by atomic mass is 10.1. The molecule has 2 N–H and O–H groups in total. The highest BCUT2D eigenvalue weighted by atomic mass is 79.9. The molecule has 1 aliphatic rings. The van der Waals surface area contributed by atoms with Crippen LogP contribution in [0.5, 0.6) is 11.5 Å². The number of rotatable bonds is 4. The predicted molar refractivity (Wildman–Crippen MR) is 116 cm³/mol. The fourth-order valence-electron chi connectivity index (χ4n) is 3.50. The first kappa shape index (κ1) is 26.2. The summed E-state index contributed by atoms with van der Waals surface area (Å²) in [5.74, 6) is -0.912. The number of aliphatic hydroxyl groups excluding tert-OH is 1. The molecule has 0 spiro atoms. The van der Waals surface area contributed by atoms with Gasteiger partial charge in [-0.2, -0.15) is 13.2 Å². The SMILES string of the molecule is CC(C)(C)OC(=O)N[C@H]1C[C@@H](O)c2c(S(=O)(=O)C(F)(F)F)ccc(Oc3cc(F)cc(Br)c3)c21. The van der Waals surface area contributed by atoms with E-state index in [2.05, 4.69) is 21.2 Å². The van der Waals surface area contributed by atoms with E-state index in [0.717, 1.165) is 18.2 Å². The van der Waals surface area contributed by atoms with E-state index in [9.17, 15) is 35.9 Å². The molecule has 186 valence electrons. The van der Waals surface area contributed by atoms with E-state index >= 15 is 0 Å². The first-order valence-corrected chi connectivity index (χ1v) is 12.1. The van der Waals surface area contributed by atoms with Crippen LogP contribution in [-0.4, -0.2) is 30.7 Å². The number of halogens is 5. The molecule has 2 aromatic carbocycles. The average Bonchev–Trinajstić information content (AvgIpc) is 2.95. The van der Waals surface area contributed by atoms with Gasteiger partial charge in [0.05, 0.1) is 17.0 Å². The van der Waals surface area contributed by atoms with Gasteiger partial charge in [-0.1, -0.05) is 15.9 Å². The van der Waals surface area contributed by atoms with Crippen molar-refractivity contribution >= 4 is 31.9 Å². The lowest BCUT2D eigenvalue weighted by Crippen LogP contribution is -2.34. The van der Waals surface area contributed by atoms with Crippen molar-refractivity contribution in [1.82, 2.24) is 5.32 Å². The van der Waals surface area contributed by atoms with Crippen molar-refractivity contribution in [3.05, 3.63) is 51.7 Å². The van der Waals surface area contributed by atoms with Crippen LogP contribution in [0.25, 0.3) is 0 Å². The molecular formula is C21H20BrF4NO6S. The van der Waals surface area contributed by atoms with E-state index in [0.29, 0.717) is 10.5 Å². The predicted octanol–water partition coefficient (Wildman–Crippen LogP) is 5.68. The van der Waals surface area contributed by atoms with E-state index in [1.807, 2.05) is 0 Å². The molecule has 2 atom stereocenters. The first-order chi connectivity index (χ1) is 15.5. The lowest BCUT2D eigenvalue weighted by molar-refractivity contribution is -0.0437. The van der Waals surface area contributed by atoms with E-state index in [-0.39, 0.29) is 23.5 Å². The number of alkyl halides is 3. The Morgan fingerprint density at radius 1 is 1.15 bits per heavy atom. The second-order valence-corrected chi connectivity index (χ2v) is 11.3. The Morgan fingerprint density at radius 2 is 1.79 bits per heavy atom. The Balaban J connectivity index is 2.15. The fraction of sp³-hybridized carbons (Fsp3) is 0.381. The van der Waals surface area contributed by atoms with Crippen LogP contribution in [0.3, 0.4) is 0 Å². The quantitative estimate of drug-likeness (QED) is 0.459. The van der Waals surface area contributed by atoms with Gasteiger partial charge >= 0.3 is 11.6 Å². The number of aliphatic hydroxyl groups is 1. The number of carbonyl (C=O) groups excluding carboxylic acids is 1. The van der Waals surface area contributed by atoms with Crippen LogP contribution in [0, 0.1) is 5.82 Å². The van der Waals surface area contributed by atoms with Gasteiger partial charge in [0.25, 0.3) is 9.84 Å². The Morgan fingerprint density at radius 3 is 2.35 bits per heavy atom. The zero-order valence-corrected chi connectivity index (χ0v) is 20.4. The van der Waals surface area contributed by atoms with Crippen LogP contribution in [0.2, 0.25) is 0 Å². The highest BCUT2D eigenvalue weighted by Crippen LogP contribution is 2.49. The average molecular weight is 570 g/mol. The van der Waals surface area contributed by atoms with Gasteiger partial charge in [0.1, 0.15) is 22.9 Å². The zero-order valence-electron chi connectivity index (χ0n) is 18.0. The standard InChI is InChI=1S/C21H20BrF4NO6S/c1-20(2,3)33-19(29)27-13-9-14(28)18-16(34(30,31)21(24,25)26)5-4-15(17(13)18)32-12-7-10(22)6-11(23)8-12/h4-8,13-14,28H,9H2,1-3H3,(H,27,29)/t13-,14+/m0/s1. The molecule has 0 heterocycles. The minimum atomic E-state index is -5.85. The molecule has 0 fully saturated rings. The maximum Gasteiger partial charge on any atom is 0.501 e. The normalized spacial score (nSPS) is 18.4. The Labute approximate surface area is 201 Å². The summed E-state index contributed by atoms with van der Waals surface area (Å²) in [4.78, 5) is 11.2. The Kier molecular flexibility index (Phi) is 6.95. The molecule has 0 saturated heterocycles. The van der Waals surface area contributed by atoms with E-state index in [1.54, 1.807) is 20.8 Å². The molecule has 1 aliphatic carbocycles. The van der Waals surface area contributed by atoms with Gasteiger partial charge in [-0.3, -0.25) is 0 Å². The summed E-state index contributed by atoms with van der Waals surface area (Å²) in [5.41, 5.74) is -7.29. The topological polar surface area (TPSA) is 102 Å². The van der Waals surface area contributed by atoms with Crippen molar-refractivity contribution < 1.29 is 45.4 Å². The van der Waals surface area contributed by atoms with Crippen molar-refractivity contribution in [3.63, 3.8) is 0 Å². The zero-order chi connectivity index (χ0) is 25.6. The lowest BCUT2D eigenvalue weighted by Gasteiger charge is -2.23. The highest BCUT2D eigenvalue weighted by molar-refractivity contribution is 9.10. The van der Waals surface area contributed by atoms with Crippen LogP contribution in [0.1, 0.15) is 50.5 Å². The molecule has 7 nitrogen and oxygen atoms in total. The summed E-state index contributed by atoms with van der Waals surface area (Å²) in [6, 6.07) is 3.97. The second-order valence-electron chi connectivity index (χ2n) is 8.50. The number of carbonyl (C=O) groups is 1. The summed E-state index contributed by atoms with van der Waals surface area (Å²) in [6.45, 7) is 4.77. The molecule has 0 saturated carbocycles. The number of nitrogens with one attached hydrogen (secondary N) is 1. The molecule has 34 heavy (non-hydrogen) atoms. The maximum absolute atomic E-state index is 13.8. The molecule has 2 aromatic rings. The summed E-state index contributed by atoms with van der Waals surface area (Å²) >= 11 is 3.09. The number of ether oxygens (including phenoxy) is 2. The first-order valence-electron chi connectivity index (χ1n) is 9.79. The smallest absolute Gasteiger partial charge is 0.457 e. The third kappa shape index (κ3) is 5.47. The Bertz CT molecular complexity index is 1210. The van der Waals surface area contributed by atoms with Crippen molar-refractivity contribution in [2.45, 2.75) is 55.3 Å². The third-order valence-electron chi connectivity index (χ3n) is 4.70. The minimum Gasteiger partial charge on any atom is -0.457 e. The monoisotopic (exact) mass is 569 g/mol. The largest absolute Gasteiger partial charge is 0.501 e. The molecule has 0 bridgehead atoms. The summed E-state index contributed by atoms with van der Waals surface area (Å²) in [5, 5.41) is 13.0. The van der Waals surface area contributed by atoms with Gasteiger partial charge in [0.2, 0.25) is 0 Å². The van der Waals surface area contributed by atoms with Crippen LogP contribution >= 0.6 is 15.9 Å². The van der Waals surface area contributed by atoms with Crippen molar-refractivity contribution in [2.24, 2.45) is 0 Å². The third-order valence-corrected chi connectivity index (χ3v) is 6.70. The molecule has 0 aliphatic heterocycles. The number of hydrogen-bond donors (Lipinski definition) is 2. The maximum atomic E-state index is 13.8. The van der Waals surface area contributed by atoms with E-state index in [1.165, 1.54) is 6.07 Å².